The Hall–Kier alpha value is -3.54. The van der Waals surface area contributed by atoms with Crippen molar-refractivity contribution in [1.29, 1.82) is 0 Å². The Labute approximate surface area is 176 Å². The van der Waals surface area contributed by atoms with Crippen molar-refractivity contribution in [2.24, 2.45) is 0 Å². The fraction of sp³-hybridized carbons (Fsp3) is 0.250. The number of rotatable bonds is 6. The largest absolute Gasteiger partial charge is 0.494 e. The Balaban J connectivity index is 1.93. The van der Waals surface area contributed by atoms with Crippen molar-refractivity contribution in [1.82, 2.24) is 14.8 Å². The second-order valence-electron chi connectivity index (χ2n) is 7.15. The maximum absolute atomic E-state index is 5.70. The molecule has 0 saturated carbocycles. The Kier molecular flexibility index (Phi) is 5.31. The van der Waals surface area contributed by atoms with Crippen LogP contribution in [0, 0.1) is 20.8 Å². The fourth-order valence-corrected chi connectivity index (χ4v) is 4.00. The molecule has 2 heterocycles. The average molecular weight is 402 g/mol. The summed E-state index contributed by atoms with van der Waals surface area (Å²) < 4.78 is 13.5. The Morgan fingerprint density at radius 2 is 1.67 bits per heavy atom. The van der Waals surface area contributed by atoms with Crippen LogP contribution < -0.4 is 14.8 Å². The van der Waals surface area contributed by atoms with Crippen molar-refractivity contribution in [3.05, 3.63) is 65.6 Å². The van der Waals surface area contributed by atoms with Crippen LogP contribution in [0.5, 0.6) is 11.5 Å². The van der Waals surface area contributed by atoms with E-state index in [4.69, 9.17) is 9.47 Å². The zero-order chi connectivity index (χ0) is 21.3. The van der Waals surface area contributed by atoms with Crippen molar-refractivity contribution in [3.63, 3.8) is 0 Å². The van der Waals surface area contributed by atoms with Gasteiger partial charge in [0.25, 0.3) is 0 Å². The number of aromatic nitrogens is 3. The number of benzene rings is 2. The van der Waals surface area contributed by atoms with Crippen molar-refractivity contribution in [2.45, 2.75) is 27.7 Å². The van der Waals surface area contributed by atoms with E-state index in [1.165, 1.54) is 0 Å². The molecule has 4 aromatic rings. The van der Waals surface area contributed by atoms with Gasteiger partial charge in [-0.05, 0) is 52.0 Å². The van der Waals surface area contributed by atoms with Gasteiger partial charge in [-0.15, -0.1) is 5.10 Å². The predicted molar refractivity (Wildman–Crippen MR) is 121 cm³/mol. The molecule has 0 atom stereocenters. The summed E-state index contributed by atoms with van der Waals surface area (Å²) in [5, 5.41) is 14.5. The monoisotopic (exact) mass is 402 g/mol. The molecule has 0 amide bonds. The Bertz CT molecular complexity index is 1200. The van der Waals surface area contributed by atoms with E-state index >= 15 is 0 Å². The second kappa shape index (κ2) is 8.06. The normalized spacial score (nSPS) is 11.0. The van der Waals surface area contributed by atoms with Crippen LogP contribution in [0.1, 0.15) is 24.0 Å². The maximum Gasteiger partial charge on any atom is 0.162 e. The minimum Gasteiger partial charge on any atom is -0.494 e. The SMILES string of the molecule is CCOc1ccc(-n2c(C)c3c(C)nnc(Nc4ccccc4)c3c2C)c(OC)c1. The first-order valence-corrected chi connectivity index (χ1v) is 10.0. The molecule has 1 N–H and O–H groups in total. The van der Waals surface area contributed by atoms with E-state index in [9.17, 15) is 0 Å². The summed E-state index contributed by atoms with van der Waals surface area (Å²) in [4.78, 5) is 0. The number of aryl methyl sites for hydroxylation is 3. The first-order chi connectivity index (χ1) is 14.5. The third-order valence-corrected chi connectivity index (χ3v) is 5.28. The predicted octanol–water partition coefficient (Wildman–Crippen LogP) is 5.50. The number of hydrogen-bond acceptors (Lipinski definition) is 5. The second-order valence-corrected chi connectivity index (χ2v) is 7.15. The first kappa shape index (κ1) is 19.8. The molecule has 30 heavy (non-hydrogen) atoms. The molecule has 0 aliphatic rings. The van der Waals surface area contributed by atoms with Crippen molar-refractivity contribution < 1.29 is 9.47 Å². The lowest BCUT2D eigenvalue weighted by Crippen LogP contribution is -2.03. The molecule has 0 unspecified atom stereocenters. The number of nitrogens with one attached hydrogen (secondary N) is 1. The molecule has 154 valence electrons. The van der Waals surface area contributed by atoms with E-state index in [2.05, 4.69) is 33.9 Å². The average Bonchev–Trinajstić information content (AvgIpc) is 3.02. The van der Waals surface area contributed by atoms with Crippen molar-refractivity contribution in [3.8, 4) is 17.2 Å². The smallest absolute Gasteiger partial charge is 0.162 e. The quantitative estimate of drug-likeness (QED) is 0.462. The lowest BCUT2D eigenvalue weighted by Gasteiger charge is -2.15. The highest BCUT2D eigenvalue weighted by Crippen LogP contribution is 2.38. The van der Waals surface area contributed by atoms with Crippen molar-refractivity contribution in [2.75, 3.05) is 19.0 Å². The number of anilines is 2. The Morgan fingerprint density at radius 1 is 0.933 bits per heavy atom. The molecule has 0 aliphatic heterocycles. The molecule has 0 spiro atoms. The Morgan fingerprint density at radius 3 is 2.37 bits per heavy atom. The number of nitrogens with zero attached hydrogens (tertiary/aromatic N) is 3. The molecule has 0 aliphatic carbocycles. The summed E-state index contributed by atoms with van der Waals surface area (Å²) in [7, 11) is 1.68. The van der Waals surface area contributed by atoms with Gasteiger partial charge in [-0.3, -0.25) is 0 Å². The van der Waals surface area contributed by atoms with E-state index < -0.39 is 0 Å². The molecular weight excluding hydrogens is 376 g/mol. The highest BCUT2D eigenvalue weighted by Gasteiger charge is 2.21. The minimum atomic E-state index is 0.610. The minimum absolute atomic E-state index is 0.610. The van der Waals surface area contributed by atoms with Gasteiger partial charge in [-0.25, -0.2) is 0 Å². The first-order valence-electron chi connectivity index (χ1n) is 10.0. The molecule has 2 aromatic heterocycles. The number of ether oxygens (including phenoxy) is 2. The fourth-order valence-electron chi connectivity index (χ4n) is 4.00. The third kappa shape index (κ3) is 3.34. The number of methoxy groups -OCH3 is 1. The molecule has 2 aromatic carbocycles. The molecule has 0 fully saturated rings. The molecular formula is C24H26N4O2. The van der Waals surface area contributed by atoms with Gasteiger partial charge >= 0.3 is 0 Å². The zero-order valence-corrected chi connectivity index (χ0v) is 18.0. The molecule has 6 heteroatoms. The molecule has 0 bridgehead atoms. The van der Waals surface area contributed by atoms with Gasteiger partial charge in [0.15, 0.2) is 5.82 Å². The highest BCUT2D eigenvalue weighted by molar-refractivity contribution is 5.99. The van der Waals surface area contributed by atoms with Gasteiger partial charge < -0.3 is 19.4 Å². The molecule has 4 rings (SSSR count). The van der Waals surface area contributed by atoms with Gasteiger partial charge in [-0.1, -0.05) is 18.2 Å². The van der Waals surface area contributed by atoms with Crippen LogP contribution in [0.4, 0.5) is 11.5 Å². The van der Waals surface area contributed by atoms with E-state index in [1.807, 2.05) is 62.4 Å². The summed E-state index contributed by atoms with van der Waals surface area (Å²) in [5.41, 5.74) is 4.99. The summed E-state index contributed by atoms with van der Waals surface area (Å²) in [5.74, 6) is 2.28. The number of hydrogen-bond donors (Lipinski definition) is 1. The van der Waals surface area contributed by atoms with E-state index in [-0.39, 0.29) is 0 Å². The summed E-state index contributed by atoms with van der Waals surface area (Å²) in [6.45, 7) is 8.78. The van der Waals surface area contributed by atoms with Gasteiger partial charge in [-0.2, -0.15) is 5.10 Å². The molecule has 0 radical (unpaired) electrons. The van der Waals surface area contributed by atoms with Crippen molar-refractivity contribution >= 4 is 22.3 Å². The van der Waals surface area contributed by atoms with Crippen LogP contribution in [0.2, 0.25) is 0 Å². The molecule has 0 saturated heterocycles. The zero-order valence-electron chi connectivity index (χ0n) is 18.0. The summed E-state index contributed by atoms with van der Waals surface area (Å²) in [6.07, 6.45) is 0. The van der Waals surface area contributed by atoms with Gasteiger partial charge in [0.2, 0.25) is 0 Å². The van der Waals surface area contributed by atoms with E-state index in [0.717, 1.165) is 56.5 Å². The topological polar surface area (TPSA) is 61.2 Å². The van der Waals surface area contributed by atoms with Crippen LogP contribution in [0.25, 0.3) is 16.5 Å². The summed E-state index contributed by atoms with van der Waals surface area (Å²) >= 11 is 0. The van der Waals surface area contributed by atoms with Crippen LogP contribution >= 0.6 is 0 Å². The number of fused-ring (bicyclic) bond motifs is 1. The number of para-hydroxylation sites is 1. The standard InChI is InChI=1S/C24H26N4O2/c1-6-30-19-12-13-20(21(14-19)29-5)28-16(3)22-15(2)26-27-24(23(22)17(28)4)25-18-10-8-7-9-11-18/h7-14H,6H2,1-5H3,(H,25,27). The summed E-state index contributed by atoms with van der Waals surface area (Å²) in [6, 6.07) is 15.9. The van der Waals surface area contributed by atoms with Gasteiger partial charge in [0.1, 0.15) is 11.5 Å². The van der Waals surface area contributed by atoms with Gasteiger partial charge in [0, 0.05) is 33.9 Å². The maximum atomic E-state index is 5.70. The van der Waals surface area contributed by atoms with Crippen LogP contribution in [-0.4, -0.2) is 28.5 Å². The highest BCUT2D eigenvalue weighted by atomic mass is 16.5. The lowest BCUT2D eigenvalue weighted by molar-refractivity contribution is 0.336. The van der Waals surface area contributed by atoms with E-state index in [1.54, 1.807) is 7.11 Å². The van der Waals surface area contributed by atoms with Crippen LogP contribution in [0.15, 0.2) is 48.5 Å². The van der Waals surface area contributed by atoms with Crippen LogP contribution in [-0.2, 0) is 0 Å². The van der Waals surface area contributed by atoms with E-state index in [0.29, 0.717) is 6.61 Å². The van der Waals surface area contributed by atoms with Crippen LogP contribution in [0.3, 0.4) is 0 Å². The lowest BCUT2D eigenvalue weighted by atomic mass is 10.1. The van der Waals surface area contributed by atoms with Gasteiger partial charge in [0.05, 0.1) is 25.1 Å². The molecule has 6 nitrogen and oxygen atoms in total. The third-order valence-electron chi connectivity index (χ3n) is 5.28.